The molecule has 0 saturated carbocycles. The number of piperidine rings is 1. The fraction of sp³-hybridized carbons (Fsp3) is 0.480. The number of ether oxygens (including phenoxy) is 1. The van der Waals surface area contributed by atoms with Gasteiger partial charge in [0.15, 0.2) is 0 Å². The maximum absolute atomic E-state index is 12.9. The van der Waals surface area contributed by atoms with E-state index in [1.165, 1.54) is 4.90 Å². The molecule has 0 spiro atoms. The minimum absolute atomic E-state index is 0.133. The first-order chi connectivity index (χ1) is 16.4. The summed E-state index contributed by atoms with van der Waals surface area (Å²) in [5.41, 5.74) is 2.79. The normalized spacial score (nSPS) is 19.1. The number of benzene rings is 1. The van der Waals surface area contributed by atoms with Crippen LogP contribution in [0.3, 0.4) is 0 Å². The van der Waals surface area contributed by atoms with E-state index in [9.17, 15) is 14.4 Å². The zero-order valence-corrected chi connectivity index (χ0v) is 19.9. The highest BCUT2D eigenvalue weighted by Gasteiger charge is 2.39. The van der Waals surface area contributed by atoms with Crippen LogP contribution in [0.2, 0.25) is 0 Å². The maximum Gasteiger partial charge on any atom is 0.338 e. The molecule has 2 amide bonds. The molecule has 0 radical (unpaired) electrons. The lowest BCUT2D eigenvalue weighted by Crippen LogP contribution is -2.43. The van der Waals surface area contributed by atoms with Gasteiger partial charge in [-0.05, 0) is 76.4 Å². The predicted molar refractivity (Wildman–Crippen MR) is 128 cm³/mol. The van der Waals surface area contributed by atoms with E-state index in [4.69, 9.17) is 4.74 Å². The topological polar surface area (TPSA) is 105 Å². The molecule has 1 atom stereocenters. The van der Waals surface area contributed by atoms with E-state index in [1.807, 2.05) is 19.9 Å². The van der Waals surface area contributed by atoms with Gasteiger partial charge in [-0.2, -0.15) is 0 Å². The van der Waals surface area contributed by atoms with Gasteiger partial charge in [0.05, 0.1) is 30.3 Å². The first-order valence-electron chi connectivity index (χ1n) is 11.8. The van der Waals surface area contributed by atoms with Crippen molar-refractivity contribution in [1.29, 1.82) is 0 Å². The van der Waals surface area contributed by atoms with Crippen molar-refractivity contribution in [2.24, 2.45) is 5.92 Å². The van der Waals surface area contributed by atoms with Crippen LogP contribution < -0.4 is 15.1 Å². The van der Waals surface area contributed by atoms with Crippen molar-refractivity contribution in [2.45, 2.75) is 46.1 Å². The van der Waals surface area contributed by atoms with Crippen LogP contribution in [0.1, 0.15) is 47.9 Å². The van der Waals surface area contributed by atoms with Crippen molar-refractivity contribution in [3.05, 3.63) is 47.3 Å². The zero-order chi connectivity index (χ0) is 24.2. The van der Waals surface area contributed by atoms with E-state index in [0.717, 1.165) is 43.3 Å². The SMILES string of the molecule is CCOC(=O)c1ccc(N2C(=O)C[C@@H](NCC3CCN(c4nc(C)cc(C)n4)CC3)C2=O)cc1. The molecule has 0 bridgehead atoms. The Labute approximate surface area is 199 Å². The monoisotopic (exact) mass is 465 g/mol. The van der Waals surface area contributed by atoms with Crippen LogP contribution in [0.25, 0.3) is 0 Å². The number of hydrogen-bond donors (Lipinski definition) is 1. The Morgan fingerprint density at radius 3 is 2.35 bits per heavy atom. The van der Waals surface area contributed by atoms with Crippen LogP contribution in [0.5, 0.6) is 0 Å². The molecule has 4 rings (SSSR count). The van der Waals surface area contributed by atoms with E-state index in [-0.39, 0.29) is 24.8 Å². The van der Waals surface area contributed by atoms with Crippen LogP contribution in [0.15, 0.2) is 30.3 Å². The molecule has 2 aliphatic rings. The third-order valence-electron chi connectivity index (χ3n) is 6.30. The molecular formula is C25H31N5O4. The summed E-state index contributed by atoms with van der Waals surface area (Å²) in [6, 6.07) is 7.80. The van der Waals surface area contributed by atoms with E-state index in [0.29, 0.717) is 23.7 Å². The highest BCUT2D eigenvalue weighted by atomic mass is 16.5. The second-order valence-electron chi connectivity index (χ2n) is 8.88. The highest BCUT2D eigenvalue weighted by molar-refractivity contribution is 6.22. The van der Waals surface area contributed by atoms with E-state index >= 15 is 0 Å². The summed E-state index contributed by atoms with van der Waals surface area (Å²) in [5, 5.41) is 3.31. The van der Waals surface area contributed by atoms with Crippen LogP contribution in [-0.4, -0.2) is 60.0 Å². The third-order valence-corrected chi connectivity index (χ3v) is 6.30. The number of nitrogens with one attached hydrogen (secondary N) is 1. The Balaban J connectivity index is 1.30. The van der Waals surface area contributed by atoms with Gasteiger partial charge in [-0.3, -0.25) is 9.59 Å². The summed E-state index contributed by atoms with van der Waals surface area (Å²) in [5.74, 6) is 0.277. The molecule has 180 valence electrons. The minimum Gasteiger partial charge on any atom is -0.462 e. The minimum atomic E-state index is -0.530. The van der Waals surface area contributed by atoms with Gasteiger partial charge in [0.2, 0.25) is 11.9 Å². The number of carbonyl (C=O) groups is 3. The molecule has 9 heteroatoms. The quantitative estimate of drug-likeness (QED) is 0.491. The molecule has 1 aromatic heterocycles. The molecule has 2 saturated heterocycles. The summed E-state index contributed by atoms with van der Waals surface area (Å²) in [4.78, 5) is 49.9. The van der Waals surface area contributed by atoms with E-state index in [2.05, 4.69) is 20.2 Å². The number of amides is 2. The molecule has 9 nitrogen and oxygen atoms in total. The van der Waals surface area contributed by atoms with Gasteiger partial charge in [0.1, 0.15) is 0 Å². The van der Waals surface area contributed by atoms with Crippen molar-refractivity contribution in [3.63, 3.8) is 0 Å². The van der Waals surface area contributed by atoms with Gasteiger partial charge in [-0.15, -0.1) is 0 Å². The Kier molecular flexibility index (Phi) is 7.21. The Morgan fingerprint density at radius 1 is 1.09 bits per heavy atom. The second kappa shape index (κ2) is 10.3. The number of aryl methyl sites for hydroxylation is 2. The Bertz CT molecular complexity index is 1040. The maximum atomic E-state index is 12.9. The second-order valence-corrected chi connectivity index (χ2v) is 8.88. The highest BCUT2D eigenvalue weighted by Crippen LogP contribution is 2.25. The molecule has 3 heterocycles. The Hall–Kier alpha value is -3.33. The fourth-order valence-electron chi connectivity index (χ4n) is 4.52. The van der Waals surface area contributed by atoms with Crippen molar-refractivity contribution in [1.82, 2.24) is 15.3 Å². The average Bonchev–Trinajstić information content (AvgIpc) is 3.10. The first-order valence-corrected chi connectivity index (χ1v) is 11.8. The van der Waals surface area contributed by atoms with Gasteiger partial charge in [0.25, 0.3) is 5.91 Å². The predicted octanol–water partition coefficient (Wildman–Crippen LogP) is 2.41. The van der Waals surface area contributed by atoms with E-state index in [1.54, 1.807) is 31.2 Å². The molecule has 1 aromatic carbocycles. The number of esters is 1. The largest absolute Gasteiger partial charge is 0.462 e. The van der Waals surface area contributed by atoms with Gasteiger partial charge >= 0.3 is 5.97 Å². The van der Waals surface area contributed by atoms with Gasteiger partial charge in [-0.1, -0.05) is 0 Å². The average molecular weight is 466 g/mol. The third kappa shape index (κ3) is 5.25. The zero-order valence-electron chi connectivity index (χ0n) is 19.9. The molecule has 0 unspecified atom stereocenters. The lowest BCUT2D eigenvalue weighted by Gasteiger charge is -2.32. The number of imide groups is 1. The number of carbonyl (C=O) groups excluding carboxylic acids is 3. The van der Waals surface area contributed by atoms with Crippen molar-refractivity contribution in [3.8, 4) is 0 Å². The number of aromatic nitrogens is 2. The molecule has 0 aliphatic carbocycles. The summed E-state index contributed by atoms with van der Waals surface area (Å²) in [7, 11) is 0. The fourth-order valence-corrected chi connectivity index (χ4v) is 4.52. The van der Waals surface area contributed by atoms with Crippen LogP contribution >= 0.6 is 0 Å². The molecule has 1 N–H and O–H groups in total. The van der Waals surface area contributed by atoms with Gasteiger partial charge < -0.3 is 15.0 Å². The molecule has 2 aromatic rings. The van der Waals surface area contributed by atoms with Crippen molar-refractivity contribution < 1.29 is 19.1 Å². The van der Waals surface area contributed by atoms with Crippen LogP contribution in [0, 0.1) is 19.8 Å². The number of anilines is 2. The number of rotatable bonds is 7. The summed E-state index contributed by atoms with van der Waals surface area (Å²) >= 11 is 0. The van der Waals surface area contributed by atoms with E-state index < -0.39 is 12.0 Å². The molecule has 2 aliphatic heterocycles. The van der Waals surface area contributed by atoms with Crippen molar-refractivity contribution in [2.75, 3.05) is 36.0 Å². The lowest BCUT2D eigenvalue weighted by atomic mass is 9.96. The van der Waals surface area contributed by atoms with Gasteiger partial charge in [-0.25, -0.2) is 19.7 Å². The summed E-state index contributed by atoms with van der Waals surface area (Å²) in [6.45, 7) is 8.40. The lowest BCUT2D eigenvalue weighted by molar-refractivity contribution is -0.121. The molecule has 34 heavy (non-hydrogen) atoms. The number of nitrogens with zero attached hydrogens (tertiary/aromatic N) is 4. The smallest absolute Gasteiger partial charge is 0.338 e. The standard InChI is InChI=1S/C25H31N5O4/c1-4-34-24(33)19-5-7-20(8-6-19)30-22(31)14-21(23(30)32)26-15-18-9-11-29(12-10-18)25-27-16(2)13-17(3)28-25/h5-8,13,18,21,26H,4,9-12,14-15H2,1-3H3/t21-/m1/s1. The van der Waals surface area contributed by atoms with Crippen LogP contribution in [-0.2, 0) is 14.3 Å². The first kappa shape index (κ1) is 23.8. The summed E-state index contributed by atoms with van der Waals surface area (Å²) in [6.07, 6.45) is 2.07. The van der Waals surface area contributed by atoms with Crippen LogP contribution in [0.4, 0.5) is 11.6 Å². The summed E-state index contributed by atoms with van der Waals surface area (Å²) < 4.78 is 4.98. The van der Waals surface area contributed by atoms with Gasteiger partial charge in [0, 0.05) is 24.5 Å². The number of hydrogen-bond acceptors (Lipinski definition) is 8. The Morgan fingerprint density at radius 2 is 1.74 bits per heavy atom. The molecule has 2 fully saturated rings. The molecular weight excluding hydrogens is 434 g/mol. The van der Waals surface area contributed by atoms with Crippen molar-refractivity contribution >= 4 is 29.4 Å².